The molecule has 0 aliphatic heterocycles. The number of hydrogen-bond acceptors (Lipinski definition) is 6. The molecule has 0 radical (unpaired) electrons. The Hall–Kier alpha value is -6.78. The van der Waals surface area contributed by atoms with Crippen LogP contribution in [0.15, 0.2) is 291 Å². The van der Waals surface area contributed by atoms with E-state index < -0.39 is 100 Å². The van der Waals surface area contributed by atoms with Gasteiger partial charge in [-0.2, -0.15) is 13.2 Å². The minimum absolute atomic E-state index is 0.00604. The second-order valence-corrected chi connectivity index (χ2v) is 36.5. The first-order valence-electron chi connectivity index (χ1n) is 32.4. The second-order valence-electron chi connectivity index (χ2n) is 21.6. The van der Waals surface area contributed by atoms with E-state index in [-0.39, 0.29) is 49.1 Å². The average Bonchev–Trinajstić information content (AvgIpc) is 0.837. The second kappa shape index (κ2) is 57.3. The van der Waals surface area contributed by atoms with Crippen molar-refractivity contribution in [2.75, 3.05) is 0 Å². The van der Waals surface area contributed by atoms with Gasteiger partial charge >= 0.3 is 158 Å². The van der Waals surface area contributed by atoms with Crippen LogP contribution in [0.3, 0.4) is 0 Å². The SMILES string of the molecule is FC(F)(F)c1cc(C[N-]c2ccccc2)nc(C[N-]c2ccccc2)c1.Fc1cc(C[N-]c2ccccc2)nc(C[N-]c2ccccc2)c1.O=[N+]([O-])c1cc(C[N-]c2ccccc2)nc(C[N-]c2ccccc2)c1.[C-]#[N+]c1cc(C[N-]c2ccccc2)nc(C[N-]c2ccccc2)c1.[Cl][Zr+2][Cl].[Cl][Zr+2][Cl].[Cl][Zr+2][Cl].[Cl][Zr+2][Cl]. The first-order valence-corrected chi connectivity index (χ1v) is 57.7. The Bertz CT molecular complexity index is 4270. The third-order valence-corrected chi connectivity index (χ3v) is 13.8. The van der Waals surface area contributed by atoms with Crippen LogP contribution in [0.25, 0.3) is 47.4 Å². The molecular weight excluding hydrogens is 1890 g/mol. The average molecular weight is 1950 g/mol. The van der Waals surface area contributed by atoms with Gasteiger partial charge in [0.15, 0.2) is 5.69 Å². The fourth-order valence-electron chi connectivity index (χ4n) is 9.15. The van der Waals surface area contributed by atoms with Crippen molar-refractivity contribution in [1.29, 1.82) is 0 Å². The van der Waals surface area contributed by atoms with Gasteiger partial charge in [-0.3, -0.25) is 30.1 Å². The van der Waals surface area contributed by atoms with E-state index in [1.165, 1.54) is 24.3 Å². The summed E-state index contributed by atoms with van der Waals surface area (Å²) in [4.78, 5) is 32.0. The van der Waals surface area contributed by atoms with Crippen molar-refractivity contribution in [2.24, 2.45) is 0 Å². The summed E-state index contributed by atoms with van der Waals surface area (Å²) in [5.74, 6) is -0.309. The van der Waals surface area contributed by atoms with E-state index in [9.17, 15) is 27.7 Å². The van der Waals surface area contributed by atoms with Crippen LogP contribution in [-0.4, -0.2) is 24.9 Å². The Morgan fingerprint density at radius 1 is 0.327 bits per heavy atom. The summed E-state index contributed by atoms with van der Waals surface area (Å²) in [5.41, 5.74) is 10.8. The normalized spacial score (nSPS) is 9.66. The summed E-state index contributed by atoms with van der Waals surface area (Å²) in [7, 11) is 39.5. The van der Waals surface area contributed by atoms with Crippen LogP contribution in [0.2, 0.25) is 0 Å². The molecule has 0 saturated heterocycles. The van der Waals surface area contributed by atoms with E-state index in [1.54, 1.807) is 36.4 Å². The molecule has 110 heavy (non-hydrogen) atoms. The summed E-state index contributed by atoms with van der Waals surface area (Å²) in [6, 6.07) is 87.1. The topological polar surface area (TPSA) is 212 Å². The molecule has 0 aliphatic carbocycles. The monoisotopic (exact) mass is 1940 g/mol. The van der Waals surface area contributed by atoms with Crippen molar-refractivity contribution < 1.29 is 106 Å². The van der Waals surface area contributed by atoms with Crippen molar-refractivity contribution in [1.82, 2.24) is 19.9 Å². The van der Waals surface area contributed by atoms with Gasteiger partial charge in [-0.05, 0) is 36.4 Å². The Balaban J connectivity index is 0.000000250. The maximum atomic E-state index is 13.8. The number of nitrogens with zero attached hydrogens (tertiary/aromatic N) is 14. The summed E-state index contributed by atoms with van der Waals surface area (Å²) < 4.78 is 53.3. The van der Waals surface area contributed by atoms with Crippen LogP contribution in [0.1, 0.15) is 51.1 Å². The Morgan fingerprint density at radius 3 is 0.673 bits per heavy atom. The molecule has 4 heterocycles. The fraction of sp³-hybridized carbons (Fsp3) is 0.115. The molecule has 0 spiro atoms. The molecule has 0 saturated carbocycles. The van der Waals surface area contributed by atoms with E-state index in [0.717, 1.165) is 57.6 Å². The van der Waals surface area contributed by atoms with E-state index in [2.05, 4.69) is 67.3 Å². The number of halogens is 12. The van der Waals surface area contributed by atoms with Crippen LogP contribution in [0.5, 0.6) is 0 Å². The van der Waals surface area contributed by atoms with Crippen molar-refractivity contribution in [3.05, 3.63) is 412 Å². The number of pyridine rings is 4. The number of nitro groups is 1. The van der Waals surface area contributed by atoms with Crippen LogP contribution >= 0.6 is 68.1 Å². The van der Waals surface area contributed by atoms with Gasteiger partial charge in [-0.1, -0.05) is 295 Å². The van der Waals surface area contributed by atoms with Gasteiger partial charge in [-0.15, -0.1) is 45.5 Å². The number of alkyl halides is 3. The van der Waals surface area contributed by atoms with Crippen molar-refractivity contribution >= 4 is 125 Å². The molecule has 32 heteroatoms. The molecule has 0 aliphatic rings. The molecule has 0 atom stereocenters. The summed E-state index contributed by atoms with van der Waals surface area (Å²) >= 11 is -3.30. The molecule has 0 amide bonds. The van der Waals surface area contributed by atoms with E-state index in [0.29, 0.717) is 66.0 Å². The molecule has 12 aromatic rings. The number of para-hydroxylation sites is 8. The van der Waals surface area contributed by atoms with Gasteiger partial charge in [0.2, 0.25) is 0 Å². The maximum absolute atomic E-state index is 13.8. The predicted octanol–water partition coefficient (Wildman–Crippen LogP) is 29.1. The summed E-state index contributed by atoms with van der Waals surface area (Å²) in [6.45, 7) is 9.58. The van der Waals surface area contributed by atoms with E-state index >= 15 is 0 Å². The molecule has 16 nitrogen and oxygen atoms in total. The fourth-order valence-corrected chi connectivity index (χ4v) is 9.15. The van der Waals surface area contributed by atoms with Crippen LogP contribution in [-0.2, 0) is 142 Å². The number of rotatable bonds is 25. The number of hydrogen-bond donors (Lipinski definition) is 0. The van der Waals surface area contributed by atoms with E-state index in [1.807, 2.05) is 218 Å². The van der Waals surface area contributed by atoms with Crippen LogP contribution in [0.4, 0.5) is 74.4 Å². The van der Waals surface area contributed by atoms with Gasteiger partial charge in [0, 0.05) is 57.7 Å². The van der Waals surface area contributed by atoms with Gasteiger partial charge in [0.1, 0.15) is 5.82 Å². The van der Waals surface area contributed by atoms with Gasteiger partial charge < -0.3 is 42.5 Å². The summed E-state index contributed by atoms with van der Waals surface area (Å²) in [5, 5.41) is 46.5. The van der Waals surface area contributed by atoms with E-state index in [4.69, 9.17) is 74.7 Å². The van der Waals surface area contributed by atoms with Crippen LogP contribution in [0, 0.1) is 22.5 Å². The molecule has 12 rings (SSSR count). The molecule has 0 unspecified atom stereocenters. The first-order chi connectivity index (χ1) is 53.5. The number of aromatic nitrogens is 4. The molecule has 558 valence electrons. The summed E-state index contributed by atoms with van der Waals surface area (Å²) in [6.07, 6.45) is -4.44. The third-order valence-electron chi connectivity index (χ3n) is 13.8. The quantitative estimate of drug-likeness (QED) is 0.0235. The Kier molecular flexibility index (Phi) is 48.9. The molecule has 0 fully saturated rings. The number of benzene rings is 8. The Morgan fingerprint density at radius 2 is 0.500 bits per heavy atom. The zero-order chi connectivity index (χ0) is 79.2. The third kappa shape index (κ3) is 41.1. The molecule has 4 aromatic heterocycles. The zero-order valence-electron chi connectivity index (χ0n) is 58.0. The van der Waals surface area contributed by atoms with Crippen LogP contribution < -0.4 is 0 Å². The molecule has 8 aromatic carbocycles. The van der Waals surface area contributed by atoms with Crippen molar-refractivity contribution in [3.63, 3.8) is 0 Å². The molecule has 0 N–H and O–H groups in total. The van der Waals surface area contributed by atoms with Crippen molar-refractivity contribution in [3.8, 4) is 0 Å². The van der Waals surface area contributed by atoms with Gasteiger partial charge in [0.05, 0.1) is 17.1 Å². The van der Waals surface area contributed by atoms with Gasteiger partial charge in [-0.25, -0.2) is 9.24 Å². The first kappa shape index (κ1) is 93.8. The Labute approximate surface area is 713 Å². The van der Waals surface area contributed by atoms with Crippen molar-refractivity contribution in [2.45, 2.75) is 58.5 Å². The zero-order valence-corrected chi connectivity index (χ0v) is 73.9. The molecule has 0 bridgehead atoms. The minimum atomic E-state index is -4.44. The van der Waals surface area contributed by atoms with Gasteiger partial charge in [0.25, 0.3) is 5.69 Å². The predicted molar refractivity (Wildman–Crippen MR) is 427 cm³/mol. The standard InChI is InChI=1S/C20H16F3N3.C20H16N4.C19H16FN3.C19H16N4O2.8ClH.4Zr/c21-20(22,23)15-11-18(13-24-16-7-3-1-4-8-16)26-19(12-15)14-25-17-9-5-2-6-10-17;1-21-18-12-19(14-22-16-8-4-2-5-9-16)24-20(13-18)15-23-17-10-6-3-7-11-17;20-15-11-18(13-21-16-7-3-1-4-8-16)23-19(12-15)14-22-17-9-5-2-6-10-17;24-23(25)19-11-17(13-20-15-7-3-1-4-8-15)22-18(12-19)14-21-16-9-5-2-6-10-16;;;;;;;;;;;;/h1-12H,13-14H2;2-13H,14-15H2;1-12H,13-14H2;1-12H,13-14H2;8*1H;;;;/q4*-2;;;;;;;;;4*+4/p-8. The molecular formula is C78H64Cl8F4N14O2Zr4.